The fourth-order valence-corrected chi connectivity index (χ4v) is 3.23. The molecule has 100 valence electrons. The molecule has 4 heteroatoms. The van der Waals surface area contributed by atoms with Gasteiger partial charge in [-0.1, -0.05) is 0 Å². The SMILES string of the molecule is CC1(Cn2cncc2C2CCCNC2)CCCO1. The van der Waals surface area contributed by atoms with E-state index in [1.165, 1.54) is 25.0 Å². The van der Waals surface area contributed by atoms with Crippen LogP contribution in [0.15, 0.2) is 12.5 Å². The van der Waals surface area contributed by atoms with Crippen LogP contribution in [0.5, 0.6) is 0 Å². The maximum Gasteiger partial charge on any atom is 0.0949 e. The van der Waals surface area contributed by atoms with Crippen LogP contribution in [0.3, 0.4) is 0 Å². The van der Waals surface area contributed by atoms with Gasteiger partial charge in [0.15, 0.2) is 0 Å². The average Bonchev–Trinajstić information content (AvgIpc) is 3.00. The highest BCUT2D eigenvalue weighted by Gasteiger charge is 2.31. The number of aromatic nitrogens is 2. The monoisotopic (exact) mass is 249 g/mol. The maximum absolute atomic E-state index is 5.89. The molecule has 0 amide bonds. The van der Waals surface area contributed by atoms with Gasteiger partial charge in [0.2, 0.25) is 0 Å². The standard InChI is InChI=1S/C14H23N3O/c1-14(5-3-7-18-14)10-17-11-16-9-13(17)12-4-2-6-15-8-12/h9,11-12,15H,2-8,10H2,1H3. The minimum Gasteiger partial charge on any atom is -0.373 e. The maximum atomic E-state index is 5.89. The Bertz CT molecular complexity index is 389. The lowest BCUT2D eigenvalue weighted by molar-refractivity contribution is 0.00541. The zero-order valence-corrected chi connectivity index (χ0v) is 11.2. The van der Waals surface area contributed by atoms with Crippen molar-refractivity contribution in [2.24, 2.45) is 0 Å². The summed E-state index contributed by atoms with van der Waals surface area (Å²) >= 11 is 0. The number of nitrogens with one attached hydrogen (secondary N) is 1. The first kappa shape index (κ1) is 12.2. The molecule has 0 radical (unpaired) electrons. The van der Waals surface area contributed by atoms with Crippen molar-refractivity contribution in [2.75, 3.05) is 19.7 Å². The Hall–Kier alpha value is -0.870. The molecule has 0 aromatic carbocycles. The van der Waals surface area contributed by atoms with Gasteiger partial charge in [-0.2, -0.15) is 0 Å². The summed E-state index contributed by atoms with van der Waals surface area (Å²) in [5, 5.41) is 3.48. The number of hydrogen-bond acceptors (Lipinski definition) is 3. The van der Waals surface area contributed by atoms with Crippen molar-refractivity contribution in [2.45, 2.75) is 50.7 Å². The minimum atomic E-state index is 0.0115. The largest absolute Gasteiger partial charge is 0.373 e. The highest BCUT2D eigenvalue weighted by atomic mass is 16.5. The smallest absolute Gasteiger partial charge is 0.0949 e. The molecule has 18 heavy (non-hydrogen) atoms. The quantitative estimate of drug-likeness (QED) is 0.889. The lowest BCUT2D eigenvalue weighted by Gasteiger charge is -2.28. The van der Waals surface area contributed by atoms with Crippen LogP contribution >= 0.6 is 0 Å². The third kappa shape index (κ3) is 2.45. The minimum absolute atomic E-state index is 0.0115. The van der Waals surface area contributed by atoms with Crippen molar-refractivity contribution in [1.29, 1.82) is 0 Å². The number of piperidine rings is 1. The van der Waals surface area contributed by atoms with Gasteiger partial charge in [0.25, 0.3) is 0 Å². The zero-order chi connectivity index (χ0) is 12.4. The molecule has 2 saturated heterocycles. The Morgan fingerprint density at radius 1 is 1.56 bits per heavy atom. The Kier molecular flexibility index (Phi) is 3.39. The van der Waals surface area contributed by atoms with Gasteiger partial charge >= 0.3 is 0 Å². The van der Waals surface area contributed by atoms with Crippen LogP contribution in [0.2, 0.25) is 0 Å². The van der Waals surface area contributed by atoms with E-state index in [1.54, 1.807) is 0 Å². The molecule has 0 bridgehead atoms. The van der Waals surface area contributed by atoms with E-state index in [9.17, 15) is 0 Å². The predicted octanol–water partition coefficient (Wildman–Crippen LogP) is 1.92. The highest BCUT2D eigenvalue weighted by molar-refractivity contribution is 5.09. The number of rotatable bonds is 3. The molecule has 0 aliphatic carbocycles. The van der Waals surface area contributed by atoms with E-state index in [0.29, 0.717) is 5.92 Å². The Labute approximate surface area is 109 Å². The van der Waals surface area contributed by atoms with Gasteiger partial charge in [0.05, 0.1) is 18.5 Å². The van der Waals surface area contributed by atoms with Gasteiger partial charge in [0.1, 0.15) is 0 Å². The van der Waals surface area contributed by atoms with Gasteiger partial charge in [-0.15, -0.1) is 0 Å². The molecule has 2 fully saturated rings. The number of ether oxygens (including phenoxy) is 1. The third-order valence-electron chi connectivity index (χ3n) is 4.26. The molecule has 0 saturated carbocycles. The van der Waals surface area contributed by atoms with Crippen molar-refractivity contribution in [3.8, 4) is 0 Å². The summed E-state index contributed by atoms with van der Waals surface area (Å²) in [6, 6.07) is 0. The summed E-state index contributed by atoms with van der Waals surface area (Å²) in [6.45, 7) is 6.32. The summed E-state index contributed by atoms with van der Waals surface area (Å²) in [6.07, 6.45) is 8.89. The van der Waals surface area contributed by atoms with Crippen molar-refractivity contribution in [3.63, 3.8) is 0 Å². The van der Waals surface area contributed by atoms with E-state index in [1.807, 2.05) is 12.5 Å². The van der Waals surface area contributed by atoms with Crippen LogP contribution in [-0.2, 0) is 11.3 Å². The summed E-state index contributed by atoms with van der Waals surface area (Å²) in [5.74, 6) is 0.617. The van der Waals surface area contributed by atoms with E-state index in [2.05, 4.69) is 21.8 Å². The van der Waals surface area contributed by atoms with Crippen LogP contribution < -0.4 is 5.32 Å². The second-order valence-electron chi connectivity index (χ2n) is 5.89. The van der Waals surface area contributed by atoms with E-state index >= 15 is 0 Å². The molecule has 4 nitrogen and oxygen atoms in total. The Morgan fingerprint density at radius 2 is 2.50 bits per heavy atom. The number of hydrogen-bond donors (Lipinski definition) is 1. The number of imidazole rings is 1. The van der Waals surface area contributed by atoms with E-state index < -0.39 is 0 Å². The van der Waals surface area contributed by atoms with E-state index in [4.69, 9.17) is 4.74 Å². The van der Waals surface area contributed by atoms with Gasteiger partial charge in [-0.25, -0.2) is 4.98 Å². The van der Waals surface area contributed by atoms with Crippen LogP contribution in [0, 0.1) is 0 Å². The number of nitrogens with zero attached hydrogens (tertiary/aromatic N) is 2. The van der Waals surface area contributed by atoms with Crippen LogP contribution in [0.4, 0.5) is 0 Å². The first-order valence-corrected chi connectivity index (χ1v) is 7.12. The topological polar surface area (TPSA) is 39.1 Å². The molecule has 2 aliphatic heterocycles. The third-order valence-corrected chi connectivity index (χ3v) is 4.26. The molecular weight excluding hydrogens is 226 g/mol. The van der Waals surface area contributed by atoms with Crippen molar-refractivity contribution >= 4 is 0 Å². The van der Waals surface area contributed by atoms with Gasteiger partial charge in [0, 0.05) is 31.0 Å². The van der Waals surface area contributed by atoms with Gasteiger partial charge < -0.3 is 14.6 Å². The second kappa shape index (κ2) is 5.02. The fraction of sp³-hybridized carbons (Fsp3) is 0.786. The van der Waals surface area contributed by atoms with Crippen LogP contribution in [0.1, 0.15) is 44.2 Å². The lowest BCUT2D eigenvalue weighted by atomic mass is 9.95. The molecule has 2 atom stereocenters. The van der Waals surface area contributed by atoms with Gasteiger partial charge in [-0.05, 0) is 39.2 Å². The van der Waals surface area contributed by atoms with Crippen LogP contribution in [0.25, 0.3) is 0 Å². The first-order valence-electron chi connectivity index (χ1n) is 7.12. The molecule has 0 spiro atoms. The molecule has 1 aromatic rings. The lowest BCUT2D eigenvalue weighted by Crippen LogP contribution is -2.33. The normalized spacial score (nSPS) is 32.8. The Balaban J connectivity index is 1.74. The van der Waals surface area contributed by atoms with Crippen molar-refractivity contribution < 1.29 is 4.74 Å². The highest BCUT2D eigenvalue weighted by Crippen LogP contribution is 2.29. The summed E-state index contributed by atoms with van der Waals surface area (Å²) in [5.41, 5.74) is 1.39. The van der Waals surface area contributed by atoms with Crippen molar-refractivity contribution in [1.82, 2.24) is 14.9 Å². The second-order valence-corrected chi connectivity index (χ2v) is 5.89. The molecule has 3 rings (SSSR count). The molecule has 2 unspecified atom stereocenters. The molecule has 3 heterocycles. The zero-order valence-electron chi connectivity index (χ0n) is 11.2. The molecular formula is C14H23N3O. The first-order chi connectivity index (χ1) is 8.77. The predicted molar refractivity (Wildman–Crippen MR) is 70.7 cm³/mol. The molecule has 1 aromatic heterocycles. The Morgan fingerprint density at radius 3 is 3.22 bits per heavy atom. The summed E-state index contributed by atoms with van der Waals surface area (Å²) < 4.78 is 8.20. The molecule has 1 N–H and O–H groups in total. The van der Waals surface area contributed by atoms with E-state index in [-0.39, 0.29) is 5.60 Å². The van der Waals surface area contributed by atoms with Gasteiger partial charge in [-0.3, -0.25) is 0 Å². The average molecular weight is 249 g/mol. The van der Waals surface area contributed by atoms with Crippen molar-refractivity contribution in [3.05, 3.63) is 18.2 Å². The van der Waals surface area contributed by atoms with Crippen LogP contribution in [-0.4, -0.2) is 34.8 Å². The van der Waals surface area contributed by atoms with E-state index in [0.717, 1.165) is 32.7 Å². The fourth-order valence-electron chi connectivity index (χ4n) is 3.23. The summed E-state index contributed by atoms with van der Waals surface area (Å²) in [4.78, 5) is 4.35. The molecule has 2 aliphatic rings. The summed E-state index contributed by atoms with van der Waals surface area (Å²) in [7, 11) is 0.